The third-order valence-corrected chi connectivity index (χ3v) is 6.77. The van der Waals surface area contributed by atoms with Gasteiger partial charge in [-0.1, -0.05) is 56.4 Å². The normalized spacial score (nSPS) is 13.3. The Kier molecular flexibility index (Phi) is 7.61. The highest BCUT2D eigenvalue weighted by atomic mass is 31.0. The number of carbonyl (C=O) groups excluding carboxylic acids is 2. The van der Waals surface area contributed by atoms with Crippen LogP contribution < -0.4 is 5.30 Å². The summed E-state index contributed by atoms with van der Waals surface area (Å²) in [6.07, 6.45) is 9.29. The van der Waals surface area contributed by atoms with Crippen LogP contribution in [0, 0.1) is 13.8 Å². The van der Waals surface area contributed by atoms with Crippen molar-refractivity contribution in [2.75, 3.05) is 6.54 Å². The Bertz CT molecular complexity index is 855. The van der Waals surface area contributed by atoms with E-state index in [1.807, 2.05) is 12.1 Å². The van der Waals surface area contributed by atoms with Gasteiger partial charge in [-0.2, -0.15) is 0 Å². The summed E-state index contributed by atoms with van der Waals surface area (Å²) in [6.45, 7) is 4.96. The van der Waals surface area contributed by atoms with Crippen molar-refractivity contribution in [1.29, 1.82) is 0 Å². The quantitative estimate of drug-likeness (QED) is 0.300. The maximum absolute atomic E-state index is 12.3. The zero-order valence-electron chi connectivity index (χ0n) is 17.7. The van der Waals surface area contributed by atoms with Gasteiger partial charge in [0.25, 0.3) is 11.8 Å². The number of hydrogen-bond donors (Lipinski definition) is 0. The Morgan fingerprint density at radius 2 is 1.28 bits per heavy atom. The summed E-state index contributed by atoms with van der Waals surface area (Å²) in [6, 6.07) is 11.6. The highest BCUT2D eigenvalue weighted by Crippen LogP contribution is 2.23. The minimum atomic E-state index is -0.133. The lowest BCUT2D eigenvalue weighted by molar-refractivity contribution is 0.0651. The van der Waals surface area contributed by atoms with Crippen LogP contribution in [0.4, 0.5) is 0 Å². The Morgan fingerprint density at radius 3 is 1.90 bits per heavy atom. The number of nitrogens with zero attached hydrogens (tertiary/aromatic N) is 1. The van der Waals surface area contributed by atoms with Gasteiger partial charge in [0.2, 0.25) is 0 Å². The molecule has 0 saturated heterocycles. The summed E-state index contributed by atoms with van der Waals surface area (Å²) in [5, 5.41) is 1.30. The van der Waals surface area contributed by atoms with Crippen molar-refractivity contribution in [3.05, 3.63) is 64.2 Å². The molecule has 0 saturated carbocycles. The largest absolute Gasteiger partial charge is 0.274 e. The van der Waals surface area contributed by atoms with E-state index in [2.05, 4.69) is 35.2 Å². The molecule has 0 N–H and O–H groups in total. The van der Waals surface area contributed by atoms with Crippen molar-refractivity contribution in [3.63, 3.8) is 0 Å². The van der Waals surface area contributed by atoms with Gasteiger partial charge in [-0.25, -0.2) is 0 Å². The molecule has 3 rings (SSSR count). The predicted molar refractivity (Wildman–Crippen MR) is 123 cm³/mol. The smallest absolute Gasteiger partial charge is 0.261 e. The van der Waals surface area contributed by atoms with Crippen molar-refractivity contribution >= 4 is 26.4 Å². The molecule has 154 valence electrons. The number of benzene rings is 2. The third kappa shape index (κ3) is 5.14. The summed E-state index contributed by atoms with van der Waals surface area (Å²) in [5.41, 5.74) is 5.41. The van der Waals surface area contributed by atoms with E-state index < -0.39 is 0 Å². The van der Waals surface area contributed by atoms with Gasteiger partial charge >= 0.3 is 0 Å². The zero-order chi connectivity index (χ0) is 20.8. The summed E-state index contributed by atoms with van der Waals surface area (Å²) in [4.78, 5) is 26.1. The molecule has 0 radical (unpaired) electrons. The minimum Gasteiger partial charge on any atom is -0.274 e. The van der Waals surface area contributed by atoms with Gasteiger partial charge in [-0.05, 0) is 67.2 Å². The fourth-order valence-electron chi connectivity index (χ4n) is 4.08. The maximum Gasteiger partial charge on any atom is 0.261 e. The third-order valence-electron chi connectivity index (χ3n) is 6.15. The van der Waals surface area contributed by atoms with Gasteiger partial charge in [0.05, 0.1) is 11.1 Å². The second-order valence-electron chi connectivity index (χ2n) is 8.10. The van der Waals surface area contributed by atoms with E-state index in [1.54, 1.807) is 12.1 Å². The zero-order valence-corrected chi connectivity index (χ0v) is 18.8. The molecule has 0 bridgehead atoms. The number of fused-ring (bicyclic) bond motifs is 1. The molecule has 1 atom stereocenters. The number of amides is 2. The average molecular weight is 410 g/mol. The second kappa shape index (κ2) is 10.2. The molecular weight excluding hydrogens is 377 g/mol. The number of imide groups is 1. The topological polar surface area (TPSA) is 37.4 Å². The van der Waals surface area contributed by atoms with E-state index in [4.69, 9.17) is 0 Å². The molecule has 4 heteroatoms. The van der Waals surface area contributed by atoms with Gasteiger partial charge < -0.3 is 0 Å². The van der Waals surface area contributed by atoms with E-state index in [-0.39, 0.29) is 11.8 Å². The Balaban J connectivity index is 1.27. The van der Waals surface area contributed by atoms with Gasteiger partial charge in [-0.15, -0.1) is 9.24 Å². The van der Waals surface area contributed by atoms with Crippen LogP contribution in [-0.4, -0.2) is 23.3 Å². The molecular formula is C25H32NO2P. The molecule has 0 spiro atoms. The molecule has 3 nitrogen and oxygen atoms in total. The Hall–Kier alpha value is -1.99. The first kappa shape index (κ1) is 21.7. The van der Waals surface area contributed by atoms with Gasteiger partial charge in [0, 0.05) is 6.54 Å². The highest BCUT2D eigenvalue weighted by molar-refractivity contribution is 7.27. The second-order valence-corrected chi connectivity index (χ2v) is 8.72. The van der Waals surface area contributed by atoms with Crippen LogP contribution in [0.3, 0.4) is 0 Å². The summed E-state index contributed by atoms with van der Waals surface area (Å²) in [7, 11) is 2.81. The van der Waals surface area contributed by atoms with E-state index in [0.717, 1.165) is 19.3 Å². The maximum atomic E-state index is 12.3. The molecule has 1 heterocycles. The number of unbranched alkanes of at least 4 members (excludes halogenated alkanes) is 6. The molecule has 2 amide bonds. The first-order valence-corrected chi connectivity index (χ1v) is 11.4. The minimum absolute atomic E-state index is 0.133. The summed E-state index contributed by atoms with van der Waals surface area (Å²) >= 11 is 0. The summed E-state index contributed by atoms with van der Waals surface area (Å²) in [5.74, 6) is -0.267. The molecule has 1 aliphatic heterocycles. The van der Waals surface area contributed by atoms with Crippen LogP contribution in [0.25, 0.3) is 0 Å². The lowest BCUT2D eigenvalue weighted by Crippen LogP contribution is -2.30. The number of rotatable bonds is 10. The lowest BCUT2D eigenvalue weighted by Gasteiger charge is -2.13. The van der Waals surface area contributed by atoms with Crippen LogP contribution in [0.15, 0.2) is 36.4 Å². The number of aryl methyl sites for hydroxylation is 1. The van der Waals surface area contributed by atoms with Gasteiger partial charge in [-0.3, -0.25) is 14.5 Å². The van der Waals surface area contributed by atoms with E-state index in [0.29, 0.717) is 17.7 Å². The standard InChI is InChI=1S/C25H32NO2P/c1-18-19(2)23(29)16-15-20(18)12-8-6-4-3-5-7-11-17-26-24(27)21-13-9-10-14-22(21)25(26)28/h9-10,13-16H,3-8,11-12,17,29H2,1-2H3. The molecule has 29 heavy (non-hydrogen) atoms. The van der Waals surface area contributed by atoms with Crippen molar-refractivity contribution in [2.24, 2.45) is 0 Å². The number of hydrogen-bond acceptors (Lipinski definition) is 2. The predicted octanol–water partition coefficient (Wildman–Crippen LogP) is 5.37. The van der Waals surface area contributed by atoms with Crippen molar-refractivity contribution < 1.29 is 9.59 Å². The molecule has 0 aliphatic carbocycles. The Labute approximate surface area is 177 Å². The molecule has 0 aromatic heterocycles. The van der Waals surface area contributed by atoms with Crippen LogP contribution >= 0.6 is 9.24 Å². The number of carbonyl (C=O) groups is 2. The first-order chi connectivity index (χ1) is 14.0. The highest BCUT2D eigenvalue weighted by Gasteiger charge is 2.34. The molecule has 2 aromatic rings. The molecule has 2 aromatic carbocycles. The lowest BCUT2D eigenvalue weighted by atomic mass is 9.98. The Morgan fingerprint density at radius 1 is 0.724 bits per heavy atom. The van der Waals surface area contributed by atoms with Crippen LogP contribution in [-0.2, 0) is 6.42 Å². The first-order valence-electron chi connectivity index (χ1n) is 10.8. The van der Waals surface area contributed by atoms with Crippen LogP contribution in [0.1, 0.15) is 82.4 Å². The fourth-order valence-corrected chi connectivity index (χ4v) is 4.39. The van der Waals surface area contributed by atoms with E-state index >= 15 is 0 Å². The van der Waals surface area contributed by atoms with Crippen LogP contribution in [0.2, 0.25) is 0 Å². The summed E-state index contributed by atoms with van der Waals surface area (Å²) < 4.78 is 0. The van der Waals surface area contributed by atoms with Gasteiger partial charge in [0.1, 0.15) is 0 Å². The SMILES string of the molecule is Cc1c(P)ccc(CCCCCCCCCN2C(=O)c3ccccc3C2=O)c1C. The average Bonchev–Trinajstić information content (AvgIpc) is 2.97. The van der Waals surface area contributed by atoms with E-state index in [9.17, 15) is 9.59 Å². The monoisotopic (exact) mass is 409 g/mol. The van der Waals surface area contributed by atoms with Crippen molar-refractivity contribution in [2.45, 2.75) is 65.2 Å². The molecule has 0 fully saturated rings. The van der Waals surface area contributed by atoms with Crippen LogP contribution in [0.5, 0.6) is 0 Å². The molecule has 1 aliphatic rings. The molecule has 1 unspecified atom stereocenters. The van der Waals surface area contributed by atoms with E-state index in [1.165, 1.54) is 59.0 Å². The fraction of sp³-hybridized carbons (Fsp3) is 0.440. The van der Waals surface area contributed by atoms with Gasteiger partial charge in [0.15, 0.2) is 0 Å². The van der Waals surface area contributed by atoms with Crippen molar-refractivity contribution in [1.82, 2.24) is 4.90 Å². The van der Waals surface area contributed by atoms with Crippen molar-refractivity contribution in [3.8, 4) is 0 Å².